The zero-order valence-electron chi connectivity index (χ0n) is 15.0. The van der Waals surface area contributed by atoms with Gasteiger partial charge in [-0.3, -0.25) is 4.90 Å². The molecule has 1 unspecified atom stereocenters. The lowest BCUT2D eigenvalue weighted by atomic mass is 10.0. The maximum absolute atomic E-state index is 11.9. The summed E-state index contributed by atoms with van der Waals surface area (Å²) >= 11 is 0. The van der Waals surface area contributed by atoms with Gasteiger partial charge in [-0.25, -0.2) is 4.79 Å². The molecule has 0 spiro atoms. The summed E-state index contributed by atoms with van der Waals surface area (Å²) in [5, 5.41) is 10.2. The molecule has 1 amide bonds. The standard InChI is InChI=1S/C21H25NO4/c1-25-15-19-14-22(21(24)26-19)18-12-10-16(11-13-18)6-5-9-20(23)17-7-3-2-4-8-17/h2-4,7-8,10-13,19-20,23H,5-6,9,14-15H2,1H3/t19-,20?/m1/s1. The van der Waals surface area contributed by atoms with Crippen LogP contribution in [0.25, 0.3) is 0 Å². The molecule has 0 aliphatic carbocycles. The maximum Gasteiger partial charge on any atom is 0.414 e. The Morgan fingerprint density at radius 2 is 1.92 bits per heavy atom. The molecule has 3 rings (SSSR count). The first-order valence-electron chi connectivity index (χ1n) is 8.96. The van der Waals surface area contributed by atoms with Crippen LogP contribution in [0, 0.1) is 0 Å². The average molecular weight is 355 g/mol. The van der Waals surface area contributed by atoms with Crippen LogP contribution in [0.2, 0.25) is 0 Å². The number of anilines is 1. The molecule has 2 aromatic carbocycles. The summed E-state index contributed by atoms with van der Waals surface area (Å²) in [5.41, 5.74) is 2.98. The van der Waals surface area contributed by atoms with Crippen molar-refractivity contribution in [3.63, 3.8) is 0 Å². The van der Waals surface area contributed by atoms with Crippen molar-refractivity contribution in [3.8, 4) is 0 Å². The minimum absolute atomic E-state index is 0.216. The van der Waals surface area contributed by atoms with Gasteiger partial charge in [-0.2, -0.15) is 0 Å². The van der Waals surface area contributed by atoms with Crippen molar-refractivity contribution in [1.29, 1.82) is 0 Å². The summed E-state index contributed by atoms with van der Waals surface area (Å²) in [4.78, 5) is 13.6. The number of carbonyl (C=O) groups is 1. The van der Waals surface area contributed by atoms with Crippen LogP contribution in [0.5, 0.6) is 0 Å². The van der Waals surface area contributed by atoms with E-state index in [0.29, 0.717) is 13.2 Å². The highest BCUT2D eigenvalue weighted by molar-refractivity contribution is 5.89. The van der Waals surface area contributed by atoms with Gasteiger partial charge in [0.05, 0.1) is 19.3 Å². The van der Waals surface area contributed by atoms with Gasteiger partial charge in [-0.05, 0) is 42.5 Å². The zero-order valence-corrected chi connectivity index (χ0v) is 15.0. The number of aryl methyl sites for hydroxylation is 1. The minimum atomic E-state index is -0.424. The molecule has 1 fully saturated rings. The van der Waals surface area contributed by atoms with Crippen LogP contribution >= 0.6 is 0 Å². The van der Waals surface area contributed by atoms with Crippen LogP contribution < -0.4 is 4.90 Å². The fraction of sp³-hybridized carbons (Fsp3) is 0.381. The number of aliphatic hydroxyl groups excluding tert-OH is 1. The number of carbonyl (C=O) groups excluding carboxylic acids is 1. The van der Waals surface area contributed by atoms with Crippen molar-refractivity contribution in [3.05, 3.63) is 65.7 Å². The number of nitrogens with zero attached hydrogens (tertiary/aromatic N) is 1. The van der Waals surface area contributed by atoms with Crippen LogP contribution in [0.1, 0.15) is 30.1 Å². The predicted octanol–water partition coefficient (Wildman–Crippen LogP) is 3.71. The van der Waals surface area contributed by atoms with E-state index in [9.17, 15) is 9.90 Å². The molecule has 0 bridgehead atoms. The highest BCUT2D eigenvalue weighted by Gasteiger charge is 2.32. The van der Waals surface area contributed by atoms with Crippen LogP contribution in [0.15, 0.2) is 54.6 Å². The summed E-state index contributed by atoms with van der Waals surface area (Å²) < 4.78 is 10.3. The predicted molar refractivity (Wildman–Crippen MR) is 100 cm³/mol. The average Bonchev–Trinajstić information content (AvgIpc) is 3.03. The smallest absolute Gasteiger partial charge is 0.414 e. The summed E-state index contributed by atoms with van der Waals surface area (Å²) in [6.07, 6.45) is 1.55. The summed E-state index contributed by atoms with van der Waals surface area (Å²) in [6.45, 7) is 0.916. The van der Waals surface area contributed by atoms with E-state index >= 15 is 0 Å². The Bertz CT molecular complexity index is 702. The highest BCUT2D eigenvalue weighted by atomic mass is 16.6. The van der Waals surface area contributed by atoms with Gasteiger partial charge >= 0.3 is 6.09 Å². The number of ether oxygens (including phenoxy) is 2. The Kier molecular flexibility index (Phi) is 6.26. The number of amides is 1. The third kappa shape index (κ3) is 4.62. The SMILES string of the molecule is COC[C@H]1CN(c2ccc(CCCC(O)c3ccccc3)cc2)C(=O)O1. The Morgan fingerprint density at radius 1 is 1.19 bits per heavy atom. The summed E-state index contributed by atoms with van der Waals surface area (Å²) in [7, 11) is 1.60. The van der Waals surface area contributed by atoms with Crippen LogP contribution in [0.4, 0.5) is 10.5 Å². The molecule has 5 nitrogen and oxygen atoms in total. The second-order valence-electron chi connectivity index (χ2n) is 6.56. The van der Waals surface area contributed by atoms with Gasteiger partial charge in [0, 0.05) is 12.8 Å². The number of benzene rings is 2. The summed E-state index contributed by atoms with van der Waals surface area (Å²) in [6, 6.07) is 17.7. The van der Waals surface area contributed by atoms with E-state index in [1.54, 1.807) is 12.0 Å². The number of cyclic esters (lactones) is 1. The second kappa shape index (κ2) is 8.83. The van der Waals surface area contributed by atoms with Crippen LogP contribution in [-0.4, -0.2) is 37.6 Å². The zero-order chi connectivity index (χ0) is 18.4. The van der Waals surface area contributed by atoms with Gasteiger partial charge in [0.2, 0.25) is 0 Å². The molecule has 0 radical (unpaired) electrons. The van der Waals surface area contributed by atoms with Crippen molar-refractivity contribution in [2.75, 3.05) is 25.2 Å². The fourth-order valence-electron chi connectivity index (χ4n) is 3.19. The first-order valence-corrected chi connectivity index (χ1v) is 8.96. The molecule has 2 atom stereocenters. The fourth-order valence-corrected chi connectivity index (χ4v) is 3.19. The quantitative estimate of drug-likeness (QED) is 0.784. The van der Waals surface area contributed by atoms with Gasteiger partial charge in [0.25, 0.3) is 0 Å². The van der Waals surface area contributed by atoms with E-state index in [4.69, 9.17) is 9.47 Å². The molecule has 26 heavy (non-hydrogen) atoms. The lowest BCUT2D eigenvalue weighted by Crippen LogP contribution is -2.25. The molecule has 5 heteroatoms. The van der Waals surface area contributed by atoms with Crippen molar-refractivity contribution in [2.24, 2.45) is 0 Å². The molecule has 1 saturated heterocycles. The Morgan fingerprint density at radius 3 is 2.62 bits per heavy atom. The Labute approximate surface area is 154 Å². The van der Waals surface area contributed by atoms with E-state index in [2.05, 4.69) is 0 Å². The number of hydrogen-bond acceptors (Lipinski definition) is 4. The van der Waals surface area contributed by atoms with Crippen molar-refractivity contribution in [2.45, 2.75) is 31.5 Å². The third-order valence-corrected chi connectivity index (χ3v) is 4.60. The van der Waals surface area contributed by atoms with Gasteiger partial charge in [0.1, 0.15) is 6.10 Å². The molecule has 2 aromatic rings. The molecular formula is C21H25NO4. The van der Waals surface area contributed by atoms with Crippen LogP contribution in [-0.2, 0) is 15.9 Å². The highest BCUT2D eigenvalue weighted by Crippen LogP contribution is 2.24. The van der Waals surface area contributed by atoms with E-state index in [1.165, 1.54) is 5.56 Å². The first kappa shape index (κ1) is 18.4. The van der Waals surface area contributed by atoms with Gasteiger partial charge < -0.3 is 14.6 Å². The lowest BCUT2D eigenvalue weighted by molar-refractivity contribution is 0.0718. The monoisotopic (exact) mass is 355 g/mol. The van der Waals surface area contributed by atoms with E-state index in [1.807, 2.05) is 54.6 Å². The van der Waals surface area contributed by atoms with Crippen molar-refractivity contribution in [1.82, 2.24) is 0 Å². The van der Waals surface area contributed by atoms with Gasteiger partial charge in [-0.1, -0.05) is 42.5 Å². The molecule has 1 aliphatic heterocycles. The minimum Gasteiger partial charge on any atom is -0.441 e. The number of rotatable bonds is 8. The first-order chi connectivity index (χ1) is 12.7. The van der Waals surface area contributed by atoms with Gasteiger partial charge in [0.15, 0.2) is 0 Å². The molecule has 0 aromatic heterocycles. The number of methoxy groups -OCH3 is 1. The lowest BCUT2D eigenvalue weighted by Gasteiger charge is -2.14. The van der Waals surface area contributed by atoms with E-state index in [-0.39, 0.29) is 12.2 Å². The maximum atomic E-state index is 11.9. The molecule has 1 N–H and O–H groups in total. The number of hydrogen-bond donors (Lipinski definition) is 1. The Hall–Kier alpha value is -2.37. The van der Waals surface area contributed by atoms with Crippen molar-refractivity contribution >= 4 is 11.8 Å². The summed E-state index contributed by atoms with van der Waals surface area (Å²) in [5.74, 6) is 0. The second-order valence-corrected chi connectivity index (χ2v) is 6.56. The molecule has 0 saturated carbocycles. The third-order valence-electron chi connectivity index (χ3n) is 4.60. The number of aliphatic hydroxyl groups is 1. The largest absolute Gasteiger partial charge is 0.441 e. The molecule has 138 valence electrons. The van der Waals surface area contributed by atoms with Crippen LogP contribution in [0.3, 0.4) is 0 Å². The normalized spacial score (nSPS) is 18.0. The molecular weight excluding hydrogens is 330 g/mol. The van der Waals surface area contributed by atoms with Gasteiger partial charge in [-0.15, -0.1) is 0 Å². The molecule has 1 aliphatic rings. The topological polar surface area (TPSA) is 59.0 Å². The van der Waals surface area contributed by atoms with Crippen molar-refractivity contribution < 1.29 is 19.4 Å². The Balaban J connectivity index is 1.50. The van der Waals surface area contributed by atoms with E-state index < -0.39 is 6.10 Å². The molecule has 1 heterocycles. The van der Waals surface area contributed by atoms with E-state index in [0.717, 1.165) is 30.5 Å².